The number of hydrogen-bond acceptors (Lipinski definition) is 6. The molecule has 0 radical (unpaired) electrons. The first kappa shape index (κ1) is 18.2. The Bertz CT molecular complexity index is 769. The molecule has 1 aromatic heterocycles. The minimum absolute atomic E-state index is 0.0638. The first-order valence-corrected chi connectivity index (χ1v) is 7.47. The molecule has 0 spiro atoms. The summed E-state index contributed by atoms with van der Waals surface area (Å²) in [7, 11) is 0. The van der Waals surface area contributed by atoms with E-state index in [1.165, 1.54) is 43.5 Å². The molecule has 0 bridgehead atoms. The van der Waals surface area contributed by atoms with Crippen LogP contribution in [0.3, 0.4) is 0 Å². The van der Waals surface area contributed by atoms with E-state index in [1.807, 2.05) is 0 Å². The molecule has 2 atom stereocenters. The highest BCUT2D eigenvalue weighted by atomic mass is 16.3. The fourth-order valence-electron chi connectivity index (χ4n) is 1.88. The number of carbonyl (C=O) groups is 2. The quantitative estimate of drug-likeness (QED) is 0.304. The summed E-state index contributed by atoms with van der Waals surface area (Å²) in [5.74, 6) is -0.747. The molecular formula is C17H19N3O5. The lowest BCUT2D eigenvalue weighted by molar-refractivity contribution is -0.119. The zero-order valence-electron chi connectivity index (χ0n) is 13.5. The van der Waals surface area contributed by atoms with Crippen LogP contribution in [0.5, 0.6) is 5.75 Å². The first-order valence-electron chi connectivity index (χ1n) is 7.47. The van der Waals surface area contributed by atoms with Gasteiger partial charge in [-0.1, -0.05) is 0 Å². The summed E-state index contributed by atoms with van der Waals surface area (Å²) in [6.07, 6.45) is 3.23. The van der Waals surface area contributed by atoms with Gasteiger partial charge in [-0.2, -0.15) is 0 Å². The van der Waals surface area contributed by atoms with Crippen LogP contribution in [-0.2, 0) is 9.59 Å². The number of rotatable bonds is 6. The number of carbonyl (C=O) groups excluding carboxylic acids is 2. The molecule has 8 nitrogen and oxygen atoms in total. The molecule has 2 aromatic rings. The van der Waals surface area contributed by atoms with Crippen molar-refractivity contribution in [2.75, 3.05) is 10.6 Å². The van der Waals surface area contributed by atoms with Crippen LogP contribution in [0.1, 0.15) is 12.7 Å². The van der Waals surface area contributed by atoms with Crippen molar-refractivity contribution in [2.24, 2.45) is 5.73 Å². The number of phenols is 1. The first-order chi connectivity index (χ1) is 11.9. The van der Waals surface area contributed by atoms with Crippen molar-refractivity contribution in [2.45, 2.75) is 19.1 Å². The van der Waals surface area contributed by atoms with Crippen LogP contribution in [0.4, 0.5) is 11.4 Å². The molecule has 0 fully saturated rings. The minimum Gasteiger partial charge on any atom is -0.506 e. The fourth-order valence-corrected chi connectivity index (χ4v) is 1.88. The number of amides is 2. The Kier molecular flexibility index (Phi) is 5.93. The number of nitrogens with two attached hydrogens (primary N) is 1. The summed E-state index contributed by atoms with van der Waals surface area (Å²) in [6.45, 7) is 1.38. The van der Waals surface area contributed by atoms with Crippen molar-refractivity contribution in [3.05, 3.63) is 48.4 Å². The summed E-state index contributed by atoms with van der Waals surface area (Å²) >= 11 is 0. The molecule has 8 heteroatoms. The Morgan fingerprint density at radius 2 is 2.04 bits per heavy atom. The number of anilines is 2. The van der Waals surface area contributed by atoms with E-state index in [9.17, 15) is 19.8 Å². The van der Waals surface area contributed by atoms with Gasteiger partial charge in [0.1, 0.15) is 17.6 Å². The summed E-state index contributed by atoms with van der Waals surface area (Å²) in [5, 5.41) is 24.1. The second kappa shape index (κ2) is 8.13. The van der Waals surface area contributed by atoms with Crippen LogP contribution >= 0.6 is 0 Å². The van der Waals surface area contributed by atoms with E-state index in [0.29, 0.717) is 11.4 Å². The molecule has 0 aliphatic rings. The monoisotopic (exact) mass is 345 g/mol. The zero-order valence-corrected chi connectivity index (χ0v) is 13.5. The molecule has 1 heterocycles. The van der Waals surface area contributed by atoms with Crippen molar-refractivity contribution in [3.63, 3.8) is 0 Å². The van der Waals surface area contributed by atoms with E-state index >= 15 is 0 Å². The van der Waals surface area contributed by atoms with Crippen molar-refractivity contribution in [3.8, 4) is 5.75 Å². The fraction of sp³-hybridized carbons (Fsp3) is 0.176. The number of phenolic OH excluding ortho intramolecular Hbond substituents is 1. The second-order valence-corrected chi connectivity index (χ2v) is 5.33. The van der Waals surface area contributed by atoms with Gasteiger partial charge in [0.15, 0.2) is 0 Å². The zero-order chi connectivity index (χ0) is 18.4. The van der Waals surface area contributed by atoms with Crippen LogP contribution in [0, 0.1) is 0 Å². The average Bonchev–Trinajstić information content (AvgIpc) is 3.08. The average molecular weight is 345 g/mol. The highest BCUT2D eigenvalue weighted by Gasteiger charge is 2.20. The second-order valence-electron chi connectivity index (χ2n) is 5.33. The lowest BCUT2D eigenvalue weighted by atomic mass is 10.1. The molecular weight excluding hydrogens is 326 g/mol. The third-order valence-electron chi connectivity index (χ3n) is 3.29. The number of aliphatic hydroxyl groups excluding tert-OH is 1. The van der Waals surface area contributed by atoms with Crippen LogP contribution in [0.15, 0.2) is 47.1 Å². The van der Waals surface area contributed by atoms with Gasteiger partial charge in [0.05, 0.1) is 18.1 Å². The SMILES string of the molecule is C[C@@H](O)[C@H](N)C(=O)Nc1cc(NC(=O)C=Cc2ccco2)ccc1O. The number of nitrogens with one attached hydrogen (secondary N) is 2. The molecule has 6 N–H and O–H groups in total. The molecule has 1 aromatic carbocycles. The lowest BCUT2D eigenvalue weighted by Crippen LogP contribution is -2.43. The molecule has 25 heavy (non-hydrogen) atoms. The summed E-state index contributed by atoms with van der Waals surface area (Å²) in [6, 6.07) is 6.41. The number of aromatic hydroxyl groups is 1. The number of hydrogen-bond donors (Lipinski definition) is 5. The molecule has 0 aliphatic carbocycles. The summed E-state index contributed by atoms with van der Waals surface area (Å²) < 4.78 is 5.07. The molecule has 132 valence electrons. The van der Waals surface area contributed by atoms with Gasteiger partial charge < -0.3 is 31.0 Å². The van der Waals surface area contributed by atoms with Crippen LogP contribution < -0.4 is 16.4 Å². The van der Waals surface area contributed by atoms with Gasteiger partial charge in [-0.3, -0.25) is 9.59 Å². The Labute approximate surface area is 143 Å². The molecule has 2 rings (SSSR count). The van der Waals surface area contributed by atoms with E-state index in [-0.39, 0.29) is 11.4 Å². The Hall–Kier alpha value is -3.10. The van der Waals surface area contributed by atoms with Gasteiger partial charge in [-0.25, -0.2) is 0 Å². The standard InChI is InChI=1S/C17H19N3O5/c1-10(21)16(18)17(24)20-13-9-11(4-6-14(13)22)19-15(23)7-5-12-3-2-8-25-12/h2-10,16,21-22H,18H2,1H3,(H,19,23)(H,20,24)/t10-,16+/m1/s1. The predicted octanol–water partition coefficient (Wildman–Crippen LogP) is 1.28. The van der Waals surface area contributed by atoms with Crippen LogP contribution in [-0.4, -0.2) is 34.2 Å². The van der Waals surface area contributed by atoms with Gasteiger partial charge >= 0.3 is 0 Å². The molecule has 0 aliphatic heterocycles. The lowest BCUT2D eigenvalue weighted by Gasteiger charge is -2.15. The maximum atomic E-state index is 11.9. The van der Waals surface area contributed by atoms with E-state index in [4.69, 9.17) is 10.2 Å². The van der Waals surface area contributed by atoms with Gasteiger partial charge in [0, 0.05) is 11.8 Å². The predicted molar refractivity (Wildman–Crippen MR) is 92.8 cm³/mol. The van der Waals surface area contributed by atoms with Crippen molar-refractivity contribution < 1.29 is 24.2 Å². The number of aliphatic hydroxyl groups is 1. The normalized spacial score (nSPS) is 13.4. The number of benzene rings is 1. The third-order valence-corrected chi connectivity index (χ3v) is 3.29. The van der Waals surface area contributed by atoms with Gasteiger partial charge in [-0.15, -0.1) is 0 Å². The van der Waals surface area contributed by atoms with E-state index in [1.54, 1.807) is 12.1 Å². The summed E-state index contributed by atoms with van der Waals surface area (Å²) in [5.41, 5.74) is 5.95. The van der Waals surface area contributed by atoms with Gasteiger partial charge in [0.2, 0.25) is 11.8 Å². The van der Waals surface area contributed by atoms with Crippen LogP contribution in [0.25, 0.3) is 6.08 Å². The van der Waals surface area contributed by atoms with Crippen molar-refractivity contribution in [1.29, 1.82) is 0 Å². The van der Waals surface area contributed by atoms with E-state index in [2.05, 4.69) is 10.6 Å². The largest absolute Gasteiger partial charge is 0.506 e. The highest BCUT2D eigenvalue weighted by Crippen LogP contribution is 2.27. The maximum absolute atomic E-state index is 11.9. The topological polar surface area (TPSA) is 138 Å². The van der Waals surface area contributed by atoms with Crippen LogP contribution in [0.2, 0.25) is 0 Å². The Morgan fingerprint density at radius 1 is 1.28 bits per heavy atom. The smallest absolute Gasteiger partial charge is 0.248 e. The third kappa shape index (κ3) is 5.20. The summed E-state index contributed by atoms with van der Waals surface area (Å²) in [4.78, 5) is 23.7. The highest BCUT2D eigenvalue weighted by molar-refractivity contribution is 6.03. The van der Waals surface area contributed by atoms with Gasteiger partial charge in [-0.05, 0) is 43.3 Å². The minimum atomic E-state index is -1.14. The van der Waals surface area contributed by atoms with Crippen molar-refractivity contribution in [1.82, 2.24) is 0 Å². The molecule has 2 amide bonds. The number of furan rings is 1. The Morgan fingerprint density at radius 3 is 2.68 bits per heavy atom. The maximum Gasteiger partial charge on any atom is 0.248 e. The molecule has 0 unspecified atom stereocenters. The van der Waals surface area contributed by atoms with Gasteiger partial charge in [0.25, 0.3) is 0 Å². The Balaban J connectivity index is 2.05. The molecule has 0 saturated heterocycles. The molecule has 0 saturated carbocycles. The van der Waals surface area contributed by atoms with E-state index < -0.39 is 24.0 Å². The van der Waals surface area contributed by atoms with Crippen molar-refractivity contribution >= 4 is 29.3 Å². The van der Waals surface area contributed by atoms with E-state index in [0.717, 1.165) is 0 Å².